The first-order valence-electron chi connectivity index (χ1n) is 4.27. The van der Waals surface area contributed by atoms with E-state index < -0.39 is 12.2 Å². The molecule has 0 aliphatic rings. The number of amides is 1. The Morgan fingerprint density at radius 3 is 3.14 bits per heavy atom. The Bertz CT molecular complexity index is 270. The standard InChI is InChI=1S/C9H13NO4/c1-13-9(12)10-5-4-7(11)8-3-2-6-14-8/h2-3,6-7,11H,4-5H2,1H3,(H,10,12). The third-order valence-electron chi connectivity index (χ3n) is 1.74. The number of carbonyl (C=O) groups is 1. The molecule has 1 atom stereocenters. The molecule has 1 aromatic rings. The molecule has 0 fully saturated rings. The topological polar surface area (TPSA) is 71.7 Å². The van der Waals surface area contributed by atoms with Crippen molar-refractivity contribution in [1.82, 2.24) is 5.32 Å². The van der Waals surface area contributed by atoms with Crippen molar-refractivity contribution in [2.45, 2.75) is 12.5 Å². The number of aliphatic hydroxyl groups is 1. The number of nitrogens with one attached hydrogen (secondary N) is 1. The van der Waals surface area contributed by atoms with E-state index in [9.17, 15) is 9.90 Å². The van der Waals surface area contributed by atoms with Gasteiger partial charge in [0, 0.05) is 6.54 Å². The van der Waals surface area contributed by atoms with Gasteiger partial charge in [-0.15, -0.1) is 0 Å². The van der Waals surface area contributed by atoms with E-state index >= 15 is 0 Å². The van der Waals surface area contributed by atoms with Gasteiger partial charge < -0.3 is 19.6 Å². The Morgan fingerprint density at radius 1 is 1.79 bits per heavy atom. The highest BCUT2D eigenvalue weighted by atomic mass is 16.5. The van der Waals surface area contributed by atoms with Crippen LogP contribution in [0.25, 0.3) is 0 Å². The van der Waals surface area contributed by atoms with Crippen LogP contribution < -0.4 is 5.32 Å². The number of rotatable bonds is 4. The molecule has 0 spiro atoms. The number of carbonyl (C=O) groups excluding carboxylic acids is 1. The van der Waals surface area contributed by atoms with E-state index in [1.165, 1.54) is 13.4 Å². The number of hydrogen-bond donors (Lipinski definition) is 2. The highest BCUT2D eigenvalue weighted by Crippen LogP contribution is 2.15. The summed E-state index contributed by atoms with van der Waals surface area (Å²) >= 11 is 0. The van der Waals surface area contributed by atoms with Crippen LogP contribution in [0, 0.1) is 0 Å². The summed E-state index contributed by atoms with van der Waals surface area (Å²) in [6, 6.07) is 3.38. The molecular formula is C9H13NO4. The third kappa shape index (κ3) is 3.10. The van der Waals surface area contributed by atoms with Gasteiger partial charge in [-0.05, 0) is 18.6 Å². The smallest absolute Gasteiger partial charge is 0.406 e. The van der Waals surface area contributed by atoms with Gasteiger partial charge in [0.1, 0.15) is 11.9 Å². The lowest BCUT2D eigenvalue weighted by Crippen LogP contribution is -2.25. The molecule has 0 saturated heterocycles. The summed E-state index contributed by atoms with van der Waals surface area (Å²) in [5.41, 5.74) is 0. The highest BCUT2D eigenvalue weighted by molar-refractivity contribution is 5.66. The van der Waals surface area contributed by atoms with Crippen molar-refractivity contribution in [1.29, 1.82) is 0 Å². The Hall–Kier alpha value is -1.49. The van der Waals surface area contributed by atoms with Gasteiger partial charge in [-0.25, -0.2) is 4.79 Å². The van der Waals surface area contributed by atoms with Gasteiger partial charge in [0.25, 0.3) is 0 Å². The SMILES string of the molecule is COC(=O)NCCC(O)c1ccco1. The first-order chi connectivity index (χ1) is 6.74. The number of hydrogen-bond acceptors (Lipinski definition) is 4. The second-order valence-corrected chi connectivity index (χ2v) is 2.74. The molecule has 2 N–H and O–H groups in total. The van der Waals surface area contributed by atoms with E-state index in [-0.39, 0.29) is 0 Å². The summed E-state index contributed by atoms with van der Waals surface area (Å²) in [6.45, 7) is 0.342. The second-order valence-electron chi connectivity index (χ2n) is 2.74. The number of alkyl carbamates (subject to hydrolysis) is 1. The highest BCUT2D eigenvalue weighted by Gasteiger charge is 2.10. The molecule has 5 nitrogen and oxygen atoms in total. The molecule has 1 unspecified atom stereocenters. The maximum absolute atomic E-state index is 10.6. The molecule has 1 heterocycles. The van der Waals surface area contributed by atoms with Crippen LogP contribution in [0.3, 0.4) is 0 Å². The van der Waals surface area contributed by atoms with Crippen LogP contribution >= 0.6 is 0 Å². The van der Waals surface area contributed by atoms with Crippen molar-refractivity contribution in [2.75, 3.05) is 13.7 Å². The predicted octanol–water partition coefficient (Wildman–Crippen LogP) is 1.06. The molecule has 14 heavy (non-hydrogen) atoms. The fourth-order valence-corrected chi connectivity index (χ4v) is 1.01. The van der Waals surface area contributed by atoms with Gasteiger partial charge in [0.05, 0.1) is 13.4 Å². The molecular weight excluding hydrogens is 186 g/mol. The second kappa shape index (κ2) is 5.29. The van der Waals surface area contributed by atoms with Crippen LogP contribution in [-0.4, -0.2) is 24.9 Å². The Balaban J connectivity index is 2.22. The quantitative estimate of drug-likeness (QED) is 0.760. The summed E-state index contributed by atoms with van der Waals surface area (Å²) in [5.74, 6) is 0.497. The van der Waals surface area contributed by atoms with E-state index in [0.717, 1.165) is 0 Å². The first-order valence-corrected chi connectivity index (χ1v) is 4.27. The minimum Gasteiger partial charge on any atom is -0.467 e. The lowest BCUT2D eigenvalue weighted by molar-refractivity contribution is 0.135. The number of aliphatic hydroxyl groups excluding tert-OH is 1. The summed E-state index contributed by atoms with van der Waals surface area (Å²) in [7, 11) is 1.29. The van der Waals surface area contributed by atoms with E-state index in [0.29, 0.717) is 18.7 Å². The number of furan rings is 1. The average molecular weight is 199 g/mol. The lowest BCUT2D eigenvalue weighted by atomic mass is 10.2. The fourth-order valence-electron chi connectivity index (χ4n) is 1.01. The van der Waals surface area contributed by atoms with Crippen LogP contribution in [-0.2, 0) is 4.74 Å². The van der Waals surface area contributed by atoms with Crippen LogP contribution in [0.5, 0.6) is 0 Å². The molecule has 0 aliphatic carbocycles. The van der Waals surface area contributed by atoms with Crippen molar-refractivity contribution in [2.24, 2.45) is 0 Å². The van der Waals surface area contributed by atoms with Gasteiger partial charge in [0.15, 0.2) is 0 Å². The molecule has 5 heteroatoms. The first kappa shape index (κ1) is 10.6. The van der Waals surface area contributed by atoms with Crippen LogP contribution in [0.1, 0.15) is 18.3 Å². The zero-order chi connectivity index (χ0) is 10.4. The van der Waals surface area contributed by atoms with Gasteiger partial charge in [-0.2, -0.15) is 0 Å². The maximum atomic E-state index is 10.6. The molecule has 78 valence electrons. The molecule has 0 saturated carbocycles. The van der Waals surface area contributed by atoms with E-state index in [2.05, 4.69) is 10.1 Å². The molecule has 1 rings (SSSR count). The monoisotopic (exact) mass is 199 g/mol. The van der Waals surface area contributed by atoms with E-state index in [1.54, 1.807) is 12.1 Å². The van der Waals surface area contributed by atoms with Crippen molar-refractivity contribution < 1.29 is 19.1 Å². The van der Waals surface area contributed by atoms with Crippen LogP contribution in [0.2, 0.25) is 0 Å². The zero-order valence-electron chi connectivity index (χ0n) is 7.90. The van der Waals surface area contributed by atoms with Crippen molar-refractivity contribution in [3.8, 4) is 0 Å². The normalized spacial score (nSPS) is 12.1. The minimum atomic E-state index is -0.692. The van der Waals surface area contributed by atoms with E-state index in [4.69, 9.17) is 4.42 Å². The van der Waals surface area contributed by atoms with Crippen molar-refractivity contribution in [3.05, 3.63) is 24.2 Å². The number of methoxy groups -OCH3 is 1. The molecule has 0 aromatic carbocycles. The largest absolute Gasteiger partial charge is 0.467 e. The summed E-state index contributed by atoms with van der Waals surface area (Å²) in [5, 5.41) is 12.0. The minimum absolute atomic E-state index is 0.342. The van der Waals surface area contributed by atoms with Crippen LogP contribution in [0.4, 0.5) is 4.79 Å². The third-order valence-corrected chi connectivity index (χ3v) is 1.74. The molecule has 0 bridgehead atoms. The Morgan fingerprint density at radius 2 is 2.57 bits per heavy atom. The van der Waals surface area contributed by atoms with Gasteiger partial charge >= 0.3 is 6.09 Å². The average Bonchev–Trinajstić information content (AvgIpc) is 2.70. The molecule has 0 radical (unpaired) electrons. The summed E-state index contributed by atoms with van der Waals surface area (Å²) in [4.78, 5) is 10.6. The zero-order valence-corrected chi connectivity index (χ0v) is 7.90. The molecule has 1 aromatic heterocycles. The van der Waals surface area contributed by atoms with Gasteiger partial charge in [-0.3, -0.25) is 0 Å². The molecule has 0 aliphatic heterocycles. The maximum Gasteiger partial charge on any atom is 0.406 e. The van der Waals surface area contributed by atoms with Crippen molar-refractivity contribution >= 4 is 6.09 Å². The summed E-state index contributed by atoms with van der Waals surface area (Å²) < 4.78 is 9.35. The Kier molecular flexibility index (Phi) is 4.00. The molecule has 1 amide bonds. The fraction of sp³-hybridized carbons (Fsp3) is 0.444. The predicted molar refractivity (Wildman–Crippen MR) is 48.7 cm³/mol. The van der Waals surface area contributed by atoms with Gasteiger partial charge in [-0.1, -0.05) is 0 Å². The van der Waals surface area contributed by atoms with Crippen molar-refractivity contribution in [3.63, 3.8) is 0 Å². The van der Waals surface area contributed by atoms with E-state index in [1.807, 2.05) is 0 Å². The van der Waals surface area contributed by atoms with Gasteiger partial charge in [0.2, 0.25) is 0 Å². The van der Waals surface area contributed by atoms with Crippen LogP contribution in [0.15, 0.2) is 22.8 Å². The Labute approximate surface area is 81.7 Å². The summed E-state index contributed by atoms with van der Waals surface area (Å²) in [6.07, 6.45) is 0.688. The lowest BCUT2D eigenvalue weighted by Gasteiger charge is -2.07. The number of ether oxygens (including phenoxy) is 1.